The summed E-state index contributed by atoms with van der Waals surface area (Å²) in [6.07, 6.45) is 0. The Balaban J connectivity index is 2.11. The minimum Gasteiger partial charge on any atom is -0.477 e. The third-order valence-corrected chi connectivity index (χ3v) is 3.81. The zero-order valence-electron chi connectivity index (χ0n) is 10.9. The second kappa shape index (κ2) is 5.06. The van der Waals surface area contributed by atoms with Crippen LogP contribution in [0.15, 0.2) is 34.3 Å². The Bertz CT molecular complexity index is 781. The normalized spacial score (nSPS) is 15.6. The molecule has 1 amide bonds. The molecular weight excluding hydrogens is 292 g/mol. The van der Waals surface area contributed by atoms with Crippen LogP contribution in [-0.4, -0.2) is 32.2 Å². The third kappa shape index (κ3) is 2.40. The molecule has 7 nitrogen and oxygen atoms in total. The van der Waals surface area contributed by atoms with Crippen molar-refractivity contribution in [2.45, 2.75) is 12.1 Å². The van der Waals surface area contributed by atoms with Crippen molar-refractivity contribution in [3.63, 3.8) is 0 Å². The van der Waals surface area contributed by atoms with E-state index < -0.39 is 11.9 Å². The van der Waals surface area contributed by atoms with Crippen LogP contribution in [0.2, 0.25) is 0 Å². The SMILES string of the molecule is Cc1nc(SC(C(=O)O)=C2C(=O)Nc3ccccc32)n[nH]1. The fraction of sp³-hybridized carbons (Fsp3) is 0.0769. The van der Waals surface area contributed by atoms with Gasteiger partial charge in [0.15, 0.2) is 0 Å². The summed E-state index contributed by atoms with van der Waals surface area (Å²) in [6.45, 7) is 1.71. The highest BCUT2D eigenvalue weighted by Gasteiger charge is 2.31. The Morgan fingerprint density at radius 1 is 1.33 bits per heavy atom. The van der Waals surface area contributed by atoms with Gasteiger partial charge in [0.1, 0.15) is 10.7 Å². The second-order valence-corrected chi connectivity index (χ2v) is 5.29. The van der Waals surface area contributed by atoms with E-state index in [1.54, 1.807) is 31.2 Å². The Hall–Kier alpha value is -2.61. The Morgan fingerprint density at radius 3 is 2.76 bits per heavy atom. The topological polar surface area (TPSA) is 108 Å². The van der Waals surface area contributed by atoms with Crippen molar-refractivity contribution in [1.82, 2.24) is 15.2 Å². The van der Waals surface area contributed by atoms with Crippen LogP contribution in [0, 0.1) is 6.92 Å². The third-order valence-electron chi connectivity index (χ3n) is 2.86. The van der Waals surface area contributed by atoms with Crippen molar-refractivity contribution >= 4 is 34.9 Å². The number of thioether (sulfide) groups is 1. The van der Waals surface area contributed by atoms with E-state index in [2.05, 4.69) is 20.5 Å². The first-order valence-electron chi connectivity index (χ1n) is 6.01. The van der Waals surface area contributed by atoms with Crippen LogP contribution in [0.4, 0.5) is 5.69 Å². The summed E-state index contributed by atoms with van der Waals surface area (Å²) in [5, 5.41) is 18.9. The standard InChI is InChI=1S/C13H10N4O3S/c1-6-14-13(17-16-6)21-10(12(19)20)9-7-4-2-3-5-8(7)15-11(9)18/h2-5H,1H3,(H,15,18)(H,19,20)(H,14,16,17). The van der Waals surface area contributed by atoms with E-state index in [9.17, 15) is 14.7 Å². The molecule has 0 bridgehead atoms. The van der Waals surface area contributed by atoms with Gasteiger partial charge in [0.25, 0.3) is 5.91 Å². The molecule has 21 heavy (non-hydrogen) atoms. The maximum absolute atomic E-state index is 12.1. The summed E-state index contributed by atoms with van der Waals surface area (Å²) in [5.74, 6) is -1.05. The minimum atomic E-state index is -1.19. The van der Waals surface area contributed by atoms with Gasteiger partial charge in [-0.05, 0) is 24.8 Å². The molecule has 0 fully saturated rings. The van der Waals surface area contributed by atoms with Gasteiger partial charge < -0.3 is 10.4 Å². The molecule has 1 aliphatic heterocycles. The number of carboxylic acids is 1. The number of rotatable bonds is 3. The largest absolute Gasteiger partial charge is 0.477 e. The molecular formula is C13H10N4O3S. The first-order chi connectivity index (χ1) is 10.1. The monoisotopic (exact) mass is 302 g/mol. The first kappa shape index (κ1) is 13.4. The van der Waals surface area contributed by atoms with Crippen LogP contribution >= 0.6 is 11.8 Å². The van der Waals surface area contributed by atoms with Crippen molar-refractivity contribution in [3.05, 3.63) is 40.6 Å². The van der Waals surface area contributed by atoms with Gasteiger partial charge in [-0.1, -0.05) is 18.2 Å². The number of hydrogen-bond acceptors (Lipinski definition) is 5. The minimum absolute atomic E-state index is 0.101. The molecule has 1 aliphatic rings. The molecule has 2 aromatic rings. The highest BCUT2D eigenvalue weighted by molar-refractivity contribution is 8.04. The van der Waals surface area contributed by atoms with Crippen LogP contribution in [-0.2, 0) is 9.59 Å². The molecule has 106 valence electrons. The molecule has 0 unspecified atom stereocenters. The van der Waals surface area contributed by atoms with Gasteiger partial charge in [0.2, 0.25) is 5.16 Å². The molecule has 3 rings (SSSR count). The predicted octanol–water partition coefficient (Wildman–Crippen LogP) is 1.65. The number of benzene rings is 1. The lowest BCUT2D eigenvalue weighted by Crippen LogP contribution is -2.09. The summed E-state index contributed by atoms with van der Waals surface area (Å²) in [7, 11) is 0. The van der Waals surface area contributed by atoms with Gasteiger partial charge in [0.05, 0.1) is 5.57 Å². The number of para-hydroxylation sites is 1. The summed E-state index contributed by atoms with van der Waals surface area (Å²) >= 11 is 0.848. The van der Waals surface area contributed by atoms with Gasteiger partial charge in [-0.3, -0.25) is 9.89 Å². The fourth-order valence-electron chi connectivity index (χ4n) is 2.00. The van der Waals surface area contributed by atoms with Crippen LogP contribution in [0.1, 0.15) is 11.4 Å². The van der Waals surface area contributed by atoms with Gasteiger partial charge in [-0.2, -0.15) is 0 Å². The van der Waals surface area contributed by atoms with Crippen LogP contribution in [0.3, 0.4) is 0 Å². The van der Waals surface area contributed by atoms with Crippen molar-refractivity contribution in [2.75, 3.05) is 5.32 Å². The number of aliphatic carboxylic acids is 1. The number of hydrogen-bond donors (Lipinski definition) is 3. The van der Waals surface area contributed by atoms with E-state index >= 15 is 0 Å². The van der Waals surface area contributed by atoms with Crippen molar-refractivity contribution in [2.24, 2.45) is 0 Å². The average Bonchev–Trinajstić information content (AvgIpc) is 2.98. The second-order valence-electron chi connectivity index (χ2n) is 4.31. The molecule has 0 saturated carbocycles. The van der Waals surface area contributed by atoms with Crippen LogP contribution < -0.4 is 5.32 Å². The highest BCUT2D eigenvalue weighted by atomic mass is 32.2. The van der Waals surface area contributed by atoms with Crippen LogP contribution in [0.25, 0.3) is 5.57 Å². The van der Waals surface area contributed by atoms with E-state index in [4.69, 9.17) is 0 Å². The number of anilines is 1. The Kier molecular flexibility index (Phi) is 3.22. The van der Waals surface area contributed by atoms with Crippen LogP contribution in [0.5, 0.6) is 0 Å². The number of nitrogens with zero attached hydrogens (tertiary/aromatic N) is 2. The lowest BCUT2D eigenvalue weighted by atomic mass is 10.1. The fourth-order valence-corrected chi connectivity index (χ4v) is 2.85. The molecule has 1 aromatic carbocycles. The summed E-state index contributed by atoms with van der Waals surface area (Å²) < 4.78 is 0. The van der Waals surface area contributed by atoms with E-state index in [1.807, 2.05) is 0 Å². The molecule has 0 spiro atoms. The Labute approximate surface area is 123 Å². The van der Waals surface area contributed by atoms with E-state index in [0.29, 0.717) is 17.1 Å². The van der Waals surface area contributed by atoms with Gasteiger partial charge in [0, 0.05) is 11.3 Å². The smallest absolute Gasteiger partial charge is 0.343 e. The van der Waals surface area contributed by atoms with Gasteiger partial charge in [-0.15, -0.1) is 5.10 Å². The number of aryl methyl sites for hydroxylation is 1. The molecule has 2 heterocycles. The lowest BCUT2D eigenvalue weighted by molar-refractivity contribution is -0.131. The van der Waals surface area contributed by atoms with E-state index in [0.717, 1.165) is 11.8 Å². The Morgan fingerprint density at radius 2 is 2.10 bits per heavy atom. The zero-order chi connectivity index (χ0) is 15.0. The van der Waals surface area contributed by atoms with Gasteiger partial charge >= 0.3 is 5.97 Å². The number of amides is 1. The van der Waals surface area contributed by atoms with Crippen molar-refractivity contribution in [3.8, 4) is 0 Å². The number of fused-ring (bicyclic) bond motifs is 1. The van der Waals surface area contributed by atoms with E-state index in [1.165, 1.54) is 0 Å². The number of carbonyl (C=O) groups is 2. The zero-order valence-corrected chi connectivity index (χ0v) is 11.7. The summed E-state index contributed by atoms with van der Waals surface area (Å²) in [4.78, 5) is 27.6. The number of carboxylic acid groups (broad SMARTS) is 1. The molecule has 3 N–H and O–H groups in total. The maximum atomic E-state index is 12.1. The number of nitrogens with one attached hydrogen (secondary N) is 2. The molecule has 0 aliphatic carbocycles. The first-order valence-corrected chi connectivity index (χ1v) is 6.83. The number of aromatic amines is 1. The average molecular weight is 302 g/mol. The molecule has 8 heteroatoms. The molecule has 0 radical (unpaired) electrons. The van der Waals surface area contributed by atoms with Crippen molar-refractivity contribution < 1.29 is 14.7 Å². The molecule has 1 aromatic heterocycles. The number of carbonyl (C=O) groups excluding carboxylic acids is 1. The van der Waals surface area contributed by atoms with Gasteiger partial charge in [-0.25, -0.2) is 9.78 Å². The molecule has 0 atom stereocenters. The summed E-state index contributed by atoms with van der Waals surface area (Å²) in [6, 6.07) is 6.95. The summed E-state index contributed by atoms with van der Waals surface area (Å²) in [5.41, 5.74) is 1.30. The number of aromatic nitrogens is 3. The molecule has 0 saturated heterocycles. The lowest BCUT2D eigenvalue weighted by Gasteiger charge is -2.03. The quantitative estimate of drug-likeness (QED) is 0.588. The predicted molar refractivity (Wildman–Crippen MR) is 76.6 cm³/mol. The number of H-pyrrole nitrogens is 1. The maximum Gasteiger partial charge on any atom is 0.343 e. The highest BCUT2D eigenvalue weighted by Crippen LogP contribution is 2.38. The van der Waals surface area contributed by atoms with Crippen molar-refractivity contribution in [1.29, 1.82) is 0 Å². The van der Waals surface area contributed by atoms with E-state index in [-0.39, 0.29) is 15.6 Å².